The van der Waals surface area contributed by atoms with E-state index in [1.165, 1.54) is 38.8 Å². The maximum atomic E-state index is 5.85. The van der Waals surface area contributed by atoms with Gasteiger partial charge in [0, 0.05) is 12.6 Å². The van der Waals surface area contributed by atoms with Crippen LogP contribution in [0, 0.1) is 11.8 Å². The van der Waals surface area contributed by atoms with Crippen LogP contribution >= 0.6 is 0 Å². The zero-order chi connectivity index (χ0) is 11.3. The molecule has 0 spiro atoms. The highest BCUT2D eigenvalue weighted by Gasteiger charge is 2.24. The standard InChI is InChI=1S/C13H28N2/c1-4-13-7-5-6-8-15(13)10-12(9-14)11(2)3/h11-13H,4-10,14H2,1-3H3. The second-order valence-electron chi connectivity index (χ2n) is 5.29. The van der Waals surface area contributed by atoms with Gasteiger partial charge in [-0.15, -0.1) is 0 Å². The Labute approximate surface area is 95.2 Å². The summed E-state index contributed by atoms with van der Waals surface area (Å²) >= 11 is 0. The fourth-order valence-corrected chi connectivity index (χ4v) is 2.62. The average molecular weight is 212 g/mol. The zero-order valence-electron chi connectivity index (χ0n) is 10.7. The van der Waals surface area contributed by atoms with Crippen LogP contribution in [0.25, 0.3) is 0 Å². The Morgan fingerprint density at radius 2 is 2.07 bits per heavy atom. The molecule has 1 aliphatic heterocycles. The Bertz CT molecular complexity index is 168. The van der Waals surface area contributed by atoms with Crippen molar-refractivity contribution in [2.24, 2.45) is 17.6 Å². The van der Waals surface area contributed by atoms with Crippen LogP contribution in [0.2, 0.25) is 0 Å². The summed E-state index contributed by atoms with van der Waals surface area (Å²) in [7, 11) is 0. The summed E-state index contributed by atoms with van der Waals surface area (Å²) in [6, 6.07) is 0.826. The van der Waals surface area contributed by atoms with E-state index in [2.05, 4.69) is 25.7 Å². The molecule has 1 rings (SSSR count). The quantitative estimate of drug-likeness (QED) is 0.758. The lowest BCUT2D eigenvalue weighted by Crippen LogP contribution is -2.44. The second-order valence-corrected chi connectivity index (χ2v) is 5.29. The van der Waals surface area contributed by atoms with Crippen molar-refractivity contribution >= 4 is 0 Å². The normalized spacial score (nSPS) is 25.8. The van der Waals surface area contributed by atoms with Crippen molar-refractivity contribution < 1.29 is 0 Å². The molecule has 0 saturated carbocycles. The van der Waals surface area contributed by atoms with Gasteiger partial charge in [0.05, 0.1) is 0 Å². The molecule has 2 heteroatoms. The van der Waals surface area contributed by atoms with E-state index in [0.717, 1.165) is 18.5 Å². The molecule has 1 heterocycles. The van der Waals surface area contributed by atoms with Crippen LogP contribution in [0.3, 0.4) is 0 Å². The monoisotopic (exact) mass is 212 g/mol. The second kappa shape index (κ2) is 6.49. The Morgan fingerprint density at radius 1 is 1.33 bits per heavy atom. The number of likely N-dealkylation sites (tertiary alicyclic amines) is 1. The van der Waals surface area contributed by atoms with Crippen LogP contribution < -0.4 is 5.73 Å². The van der Waals surface area contributed by atoms with Gasteiger partial charge in [0.2, 0.25) is 0 Å². The van der Waals surface area contributed by atoms with E-state index in [9.17, 15) is 0 Å². The molecule has 0 amide bonds. The topological polar surface area (TPSA) is 29.3 Å². The molecule has 2 N–H and O–H groups in total. The van der Waals surface area contributed by atoms with Crippen LogP contribution in [-0.4, -0.2) is 30.6 Å². The maximum absolute atomic E-state index is 5.85. The van der Waals surface area contributed by atoms with E-state index in [0.29, 0.717) is 5.92 Å². The number of nitrogens with two attached hydrogens (primary N) is 1. The molecule has 2 nitrogen and oxygen atoms in total. The minimum atomic E-state index is 0.678. The van der Waals surface area contributed by atoms with E-state index in [1.54, 1.807) is 0 Å². The van der Waals surface area contributed by atoms with Gasteiger partial charge in [-0.2, -0.15) is 0 Å². The van der Waals surface area contributed by atoms with E-state index in [4.69, 9.17) is 5.73 Å². The smallest absolute Gasteiger partial charge is 0.00927 e. The van der Waals surface area contributed by atoms with Crippen molar-refractivity contribution in [3.63, 3.8) is 0 Å². The molecule has 0 aromatic heterocycles. The molecule has 2 unspecified atom stereocenters. The molecule has 15 heavy (non-hydrogen) atoms. The molecule has 0 bridgehead atoms. The van der Waals surface area contributed by atoms with E-state index >= 15 is 0 Å². The largest absolute Gasteiger partial charge is 0.330 e. The van der Waals surface area contributed by atoms with Crippen molar-refractivity contribution in [1.29, 1.82) is 0 Å². The average Bonchev–Trinajstić information content (AvgIpc) is 2.25. The van der Waals surface area contributed by atoms with Crippen molar-refractivity contribution in [3.05, 3.63) is 0 Å². The summed E-state index contributed by atoms with van der Waals surface area (Å²) in [5.41, 5.74) is 5.85. The first-order valence-electron chi connectivity index (χ1n) is 6.63. The van der Waals surface area contributed by atoms with Crippen molar-refractivity contribution in [1.82, 2.24) is 4.90 Å². The first-order valence-corrected chi connectivity index (χ1v) is 6.63. The molecule has 90 valence electrons. The van der Waals surface area contributed by atoms with Gasteiger partial charge >= 0.3 is 0 Å². The zero-order valence-corrected chi connectivity index (χ0v) is 10.7. The number of piperidine rings is 1. The van der Waals surface area contributed by atoms with Crippen molar-refractivity contribution in [2.75, 3.05) is 19.6 Å². The molecule has 0 aromatic carbocycles. The molecule has 1 saturated heterocycles. The number of nitrogens with zero attached hydrogens (tertiary/aromatic N) is 1. The summed E-state index contributed by atoms with van der Waals surface area (Å²) in [5.74, 6) is 1.39. The third-order valence-electron chi connectivity index (χ3n) is 3.93. The van der Waals surface area contributed by atoms with Crippen LogP contribution in [0.5, 0.6) is 0 Å². The molecule has 0 radical (unpaired) electrons. The molecule has 0 aromatic rings. The fraction of sp³-hybridized carbons (Fsp3) is 1.00. The number of rotatable bonds is 5. The van der Waals surface area contributed by atoms with Gasteiger partial charge in [-0.3, -0.25) is 0 Å². The summed E-state index contributed by atoms with van der Waals surface area (Å²) in [5, 5.41) is 0. The predicted octanol–water partition coefficient (Wildman–Crippen LogP) is 2.48. The van der Waals surface area contributed by atoms with Crippen LogP contribution in [0.4, 0.5) is 0 Å². The Kier molecular flexibility index (Phi) is 5.62. The third-order valence-corrected chi connectivity index (χ3v) is 3.93. The SMILES string of the molecule is CCC1CCCCN1CC(CN)C(C)C. The highest BCUT2D eigenvalue weighted by Crippen LogP contribution is 2.22. The first kappa shape index (κ1) is 13.0. The summed E-state index contributed by atoms with van der Waals surface area (Å²) < 4.78 is 0. The highest BCUT2D eigenvalue weighted by molar-refractivity contribution is 4.79. The summed E-state index contributed by atoms with van der Waals surface area (Å²) in [4.78, 5) is 2.68. The predicted molar refractivity (Wildman–Crippen MR) is 66.9 cm³/mol. The van der Waals surface area contributed by atoms with Crippen LogP contribution in [0.1, 0.15) is 46.5 Å². The van der Waals surface area contributed by atoms with Gasteiger partial charge in [-0.1, -0.05) is 27.2 Å². The lowest BCUT2D eigenvalue weighted by atomic mass is 9.92. The van der Waals surface area contributed by atoms with E-state index in [1.807, 2.05) is 0 Å². The molecule has 1 fully saturated rings. The van der Waals surface area contributed by atoms with Crippen molar-refractivity contribution in [3.8, 4) is 0 Å². The number of hydrogen-bond donors (Lipinski definition) is 1. The third kappa shape index (κ3) is 3.76. The molecular weight excluding hydrogens is 184 g/mol. The minimum absolute atomic E-state index is 0.678. The molecule has 1 aliphatic rings. The molecular formula is C13H28N2. The van der Waals surface area contributed by atoms with Crippen molar-refractivity contribution in [2.45, 2.75) is 52.5 Å². The lowest BCUT2D eigenvalue weighted by molar-refractivity contribution is 0.111. The highest BCUT2D eigenvalue weighted by atomic mass is 15.2. The summed E-state index contributed by atoms with van der Waals surface area (Å²) in [6.07, 6.45) is 5.50. The van der Waals surface area contributed by atoms with Crippen LogP contribution in [0.15, 0.2) is 0 Å². The maximum Gasteiger partial charge on any atom is 0.00927 e. The van der Waals surface area contributed by atoms with Gasteiger partial charge in [0.15, 0.2) is 0 Å². The summed E-state index contributed by atoms with van der Waals surface area (Å²) in [6.45, 7) is 10.2. The van der Waals surface area contributed by atoms with Gasteiger partial charge in [0.1, 0.15) is 0 Å². The first-order chi connectivity index (χ1) is 7.19. The van der Waals surface area contributed by atoms with Gasteiger partial charge in [-0.05, 0) is 44.2 Å². The molecule has 2 atom stereocenters. The molecule has 0 aliphatic carbocycles. The minimum Gasteiger partial charge on any atom is -0.330 e. The van der Waals surface area contributed by atoms with E-state index < -0.39 is 0 Å². The van der Waals surface area contributed by atoms with Gasteiger partial charge < -0.3 is 10.6 Å². The Balaban J connectivity index is 2.46. The number of hydrogen-bond acceptors (Lipinski definition) is 2. The van der Waals surface area contributed by atoms with Gasteiger partial charge in [-0.25, -0.2) is 0 Å². The van der Waals surface area contributed by atoms with Gasteiger partial charge in [0.25, 0.3) is 0 Å². The Morgan fingerprint density at radius 3 is 2.60 bits per heavy atom. The lowest BCUT2D eigenvalue weighted by Gasteiger charge is -2.38. The fourth-order valence-electron chi connectivity index (χ4n) is 2.62. The Hall–Kier alpha value is -0.0800. The van der Waals surface area contributed by atoms with Crippen LogP contribution in [-0.2, 0) is 0 Å². The van der Waals surface area contributed by atoms with E-state index in [-0.39, 0.29) is 0 Å².